The Hall–Kier alpha value is -2.04. The maximum absolute atomic E-state index is 8.83. The van der Waals surface area contributed by atoms with Gasteiger partial charge in [-0.3, -0.25) is 0 Å². The molecule has 0 bridgehead atoms. The van der Waals surface area contributed by atoms with Crippen LogP contribution >= 0.6 is 0 Å². The van der Waals surface area contributed by atoms with Gasteiger partial charge in [-0.05, 0) is 24.6 Å². The van der Waals surface area contributed by atoms with Crippen molar-refractivity contribution < 1.29 is 4.74 Å². The first-order chi connectivity index (χ1) is 7.81. The lowest BCUT2D eigenvalue weighted by Crippen LogP contribution is -2.04. The minimum atomic E-state index is 0.402. The highest BCUT2D eigenvalue weighted by Gasteiger charge is 2.01. The smallest absolute Gasteiger partial charge is 0.101 e. The zero-order valence-corrected chi connectivity index (χ0v) is 9.16. The molecule has 0 fully saturated rings. The van der Waals surface area contributed by atoms with Crippen LogP contribution in [0.4, 0.5) is 5.69 Å². The van der Waals surface area contributed by atoms with Crippen molar-refractivity contribution in [3.63, 3.8) is 0 Å². The maximum atomic E-state index is 8.83. The zero-order chi connectivity index (χ0) is 11.8. The van der Waals surface area contributed by atoms with E-state index in [0.29, 0.717) is 17.7 Å². The molecule has 82 valence electrons. The molecule has 0 heterocycles. The Morgan fingerprint density at radius 1 is 1.25 bits per heavy atom. The van der Waals surface area contributed by atoms with Gasteiger partial charge in [0.15, 0.2) is 0 Å². The van der Waals surface area contributed by atoms with Crippen molar-refractivity contribution in [1.29, 1.82) is 10.5 Å². The van der Waals surface area contributed by atoms with E-state index in [4.69, 9.17) is 15.3 Å². The van der Waals surface area contributed by atoms with Gasteiger partial charge in [-0.25, -0.2) is 0 Å². The number of hydrogen-bond acceptors (Lipinski definition) is 4. The molecule has 4 heteroatoms. The van der Waals surface area contributed by atoms with E-state index in [0.717, 1.165) is 18.7 Å². The lowest BCUT2D eigenvalue weighted by molar-refractivity contribution is 0.198. The van der Waals surface area contributed by atoms with Gasteiger partial charge in [-0.1, -0.05) is 0 Å². The van der Waals surface area contributed by atoms with Gasteiger partial charge in [0.1, 0.15) is 12.1 Å². The summed E-state index contributed by atoms with van der Waals surface area (Å²) < 4.78 is 4.93. The summed E-state index contributed by atoms with van der Waals surface area (Å²) in [6, 6.07) is 9.11. The number of anilines is 1. The normalized spacial score (nSPS) is 9.19. The monoisotopic (exact) mass is 215 g/mol. The first kappa shape index (κ1) is 12.0. The van der Waals surface area contributed by atoms with Crippen LogP contribution in [0, 0.1) is 22.7 Å². The molecular weight excluding hydrogens is 202 g/mol. The molecule has 0 spiro atoms. The van der Waals surface area contributed by atoms with Crippen molar-refractivity contribution in [2.45, 2.75) is 6.42 Å². The number of benzene rings is 1. The number of hydrogen-bond donors (Lipinski definition) is 1. The van der Waals surface area contributed by atoms with Gasteiger partial charge < -0.3 is 10.1 Å². The quantitative estimate of drug-likeness (QED) is 0.761. The number of nitriles is 2. The average Bonchev–Trinajstić information content (AvgIpc) is 2.34. The van der Waals surface area contributed by atoms with E-state index in [1.807, 2.05) is 12.1 Å². The molecular formula is C12H13N3O. The summed E-state index contributed by atoms with van der Waals surface area (Å²) in [5, 5.41) is 20.7. The Bertz CT molecular complexity index is 429. The largest absolute Gasteiger partial charge is 0.385 e. The molecule has 1 rings (SSSR count). The average molecular weight is 215 g/mol. The van der Waals surface area contributed by atoms with Crippen LogP contribution in [0.25, 0.3) is 0 Å². The van der Waals surface area contributed by atoms with E-state index in [-0.39, 0.29) is 0 Å². The molecule has 0 radical (unpaired) electrons. The molecule has 0 aliphatic rings. The second-order valence-corrected chi connectivity index (χ2v) is 3.26. The Morgan fingerprint density at radius 3 is 2.62 bits per heavy atom. The third-order valence-electron chi connectivity index (χ3n) is 2.11. The predicted molar refractivity (Wildman–Crippen MR) is 60.9 cm³/mol. The molecule has 4 nitrogen and oxygen atoms in total. The summed E-state index contributed by atoms with van der Waals surface area (Å²) in [4.78, 5) is 0. The van der Waals surface area contributed by atoms with Gasteiger partial charge in [-0.2, -0.15) is 10.5 Å². The topological polar surface area (TPSA) is 68.8 Å². The highest BCUT2D eigenvalue weighted by atomic mass is 16.5. The van der Waals surface area contributed by atoms with Crippen LogP contribution in [0.2, 0.25) is 0 Å². The molecule has 0 amide bonds. The fourth-order valence-corrected chi connectivity index (χ4v) is 1.29. The van der Waals surface area contributed by atoms with E-state index in [9.17, 15) is 0 Å². The van der Waals surface area contributed by atoms with Crippen molar-refractivity contribution in [1.82, 2.24) is 0 Å². The Kier molecular flexibility index (Phi) is 4.85. The molecule has 0 saturated carbocycles. The fourth-order valence-electron chi connectivity index (χ4n) is 1.29. The van der Waals surface area contributed by atoms with E-state index >= 15 is 0 Å². The molecule has 0 aromatic heterocycles. The van der Waals surface area contributed by atoms with Gasteiger partial charge in [0, 0.05) is 25.9 Å². The van der Waals surface area contributed by atoms with Crippen LogP contribution in [0.5, 0.6) is 0 Å². The van der Waals surface area contributed by atoms with Crippen molar-refractivity contribution in [2.75, 3.05) is 25.6 Å². The summed E-state index contributed by atoms with van der Waals surface area (Å²) in [5.41, 5.74) is 1.66. The molecule has 1 aromatic carbocycles. The SMILES string of the molecule is COCCCNc1ccc(C#N)c(C#N)c1. The molecule has 0 saturated heterocycles. The van der Waals surface area contributed by atoms with Crippen LogP contribution in [-0.4, -0.2) is 20.3 Å². The van der Waals surface area contributed by atoms with Gasteiger partial charge in [0.25, 0.3) is 0 Å². The Labute approximate surface area is 95.1 Å². The van der Waals surface area contributed by atoms with Gasteiger partial charge in [0.2, 0.25) is 0 Å². The molecule has 0 aliphatic carbocycles. The van der Waals surface area contributed by atoms with Crippen molar-refractivity contribution in [2.24, 2.45) is 0 Å². The van der Waals surface area contributed by atoms with Crippen molar-refractivity contribution >= 4 is 5.69 Å². The van der Waals surface area contributed by atoms with Crippen LogP contribution in [0.15, 0.2) is 18.2 Å². The summed E-state index contributed by atoms with van der Waals surface area (Å²) >= 11 is 0. The third kappa shape index (κ3) is 3.27. The minimum absolute atomic E-state index is 0.402. The molecule has 0 unspecified atom stereocenters. The van der Waals surface area contributed by atoms with Crippen LogP contribution in [0.3, 0.4) is 0 Å². The summed E-state index contributed by atoms with van der Waals surface area (Å²) in [5.74, 6) is 0. The van der Waals surface area contributed by atoms with Crippen molar-refractivity contribution in [3.8, 4) is 12.1 Å². The second-order valence-electron chi connectivity index (χ2n) is 3.26. The molecule has 16 heavy (non-hydrogen) atoms. The van der Waals surface area contributed by atoms with Crippen LogP contribution in [0.1, 0.15) is 17.5 Å². The lowest BCUT2D eigenvalue weighted by atomic mass is 10.1. The van der Waals surface area contributed by atoms with Crippen LogP contribution < -0.4 is 5.32 Å². The van der Waals surface area contributed by atoms with Crippen molar-refractivity contribution in [3.05, 3.63) is 29.3 Å². The second kappa shape index (κ2) is 6.44. The Balaban J connectivity index is 2.63. The fraction of sp³-hybridized carbons (Fsp3) is 0.333. The van der Waals surface area contributed by atoms with Gasteiger partial charge in [-0.15, -0.1) is 0 Å². The first-order valence-corrected chi connectivity index (χ1v) is 4.99. The van der Waals surface area contributed by atoms with Gasteiger partial charge in [0.05, 0.1) is 11.1 Å². The molecule has 1 aromatic rings. The number of rotatable bonds is 5. The third-order valence-corrected chi connectivity index (χ3v) is 2.11. The van der Waals surface area contributed by atoms with E-state index < -0.39 is 0 Å². The number of ether oxygens (including phenoxy) is 1. The van der Waals surface area contributed by atoms with E-state index in [1.165, 1.54) is 0 Å². The van der Waals surface area contributed by atoms with E-state index in [1.54, 1.807) is 25.3 Å². The Morgan fingerprint density at radius 2 is 2.00 bits per heavy atom. The minimum Gasteiger partial charge on any atom is -0.385 e. The summed E-state index contributed by atoms with van der Waals surface area (Å²) in [7, 11) is 1.66. The number of nitrogens with one attached hydrogen (secondary N) is 1. The first-order valence-electron chi connectivity index (χ1n) is 4.99. The predicted octanol–water partition coefficient (Wildman–Crippen LogP) is 1.88. The van der Waals surface area contributed by atoms with Crippen LogP contribution in [-0.2, 0) is 4.74 Å². The molecule has 1 N–H and O–H groups in total. The lowest BCUT2D eigenvalue weighted by Gasteiger charge is -2.06. The highest BCUT2D eigenvalue weighted by Crippen LogP contribution is 2.14. The highest BCUT2D eigenvalue weighted by molar-refractivity contribution is 5.56. The summed E-state index contributed by atoms with van der Waals surface area (Å²) in [6.07, 6.45) is 0.901. The molecule has 0 atom stereocenters. The maximum Gasteiger partial charge on any atom is 0.101 e. The number of nitrogens with zero attached hydrogens (tertiary/aromatic N) is 2. The molecule has 0 aliphatic heterocycles. The number of methoxy groups -OCH3 is 1. The van der Waals surface area contributed by atoms with Gasteiger partial charge >= 0.3 is 0 Å². The summed E-state index contributed by atoms with van der Waals surface area (Å²) in [6.45, 7) is 1.49. The van der Waals surface area contributed by atoms with E-state index in [2.05, 4.69) is 5.32 Å². The zero-order valence-electron chi connectivity index (χ0n) is 9.16. The standard InChI is InChI=1S/C12H13N3O/c1-16-6-2-5-15-12-4-3-10(8-13)11(7-12)9-14/h3-4,7,15H,2,5-6H2,1H3.